The number of nitrogens with zero attached hydrogens (tertiary/aromatic N) is 1. The van der Waals surface area contributed by atoms with Gasteiger partial charge in [-0.05, 0) is 32.9 Å². The summed E-state index contributed by atoms with van der Waals surface area (Å²) in [6, 6.07) is 0.0538. The van der Waals surface area contributed by atoms with E-state index in [0.717, 1.165) is 19.5 Å². The van der Waals surface area contributed by atoms with Crippen LogP contribution in [0.3, 0.4) is 0 Å². The number of carbonyl (C=O) groups is 1. The summed E-state index contributed by atoms with van der Waals surface area (Å²) in [6.07, 6.45) is 7.46. The predicted molar refractivity (Wildman–Crippen MR) is 58.6 cm³/mol. The maximum atomic E-state index is 11.6. The molecule has 0 spiro atoms. The van der Waals surface area contributed by atoms with Crippen LogP contribution in [0.5, 0.6) is 0 Å². The van der Waals surface area contributed by atoms with E-state index in [-0.39, 0.29) is 18.1 Å². The molecule has 0 aromatic carbocycles. The summed E-state index contributed by atoms with van der Waals surface area (Å²) in [6.45, 7) is 4.14. The third-order valence-corrected chi connectivity index (χ3v) is 3.48. The molecule has 0 unspecified atom stereocenters. The van der Waals surface area contributed by atoms with Gasteiger partial charge in [0.2, 0.25) is 0 Å². The van der Waals surface area contributed by atoms with E-state index < -0.39 is 0 Å². The standard InChI is InChI=1S/C12H21NO2/c1-10-9-11(12(14)15-10)13-7-5-3-2-4-6-8-13/h10-11H,2-9H2,1H3/t10-,11+/m1/s1. The summed E-state index contributed by atoms with van der Waals surface area (Å²) in [5, 5.41) is 0. The van der Waals surface area contributed by atoms with Gasteiger partial charge in [0.25, 0.3) is 0 Å². The summed E-state index contributed by atoms with van der Waals surface area (Å²) in [4.78, 5) is 14.0. The summed E-state index contributed by atoms with van der Waals surface area (Å²) in [5.74, 6) is 0.00285. The maximum Gasteiger partial charge on any atom is 0.323 e. The Morgan fingerprint density at radius 3 is 2.27 bits per heavy atom. The van der Waals surface area contributed by atoms with E-state index in [9.17, 15) is 4.79 Å². The lowest BCUT2D eigenvalue weighted by Gasteiger charge is -2.27. The van der Waals surface area contributed by atoms with Crippen LogP contribution in [-0.4, -0.2) is 36.1 Å². The Hall–Kier alpha value is -0.570. The van der Waals surface area contributed by atoms with Crippen LogP contribution in [-0.2, 0) is 9.53 Å². The van der Waals surface area contributed by atoms with Crippen LogP contribution < -0.4 is 0 Å². The van der Waals surface area contributed by atoms with E-state index in [2.05, 4.69) is 4.90 Å². The molecule has 3 nitrogen and oxygen atoms in total. The molecular weight excluding hydrogens is 190 g/mol. The molecule has 0 N–H and O–H groups in total. The second kappa shape index (κ2) is 4.97. The van der Waals surface area contributed by atoms with Crippen molar-refractivity contribution in [3.63, 3.8) is 0 Å². The molecular formula is C12H21NO2. The van der Waals surface area contributed by atoms with Gasteiger partial charge in [-0.1, -0.05) is 19.3 Å². The normalized spacial score (nSPS) is 34.6. The predicted octanol–water partition coefficient (Wildman–Crippen LogP) is 1.96. The first-order valence-electron chi connectivity index (χ1n) is 6.22. The molecule has 86 valence electrons. The smallest absolute Gasteiger partial charge is 0.323 e. The quantitative estimate of drug-likeness (QED) is 0.621. The van der Waals surface area contributed by atoms with Gasteiger partial charge in [0.15, 0.2) is 0 Å². The molecule has 0 aromatic heterocycles. The van der Waals surface area contributed by atoms with Crippen molar-refractivity contribution in [1.82, 2.24) is 4.90 Å². The number of hydrogen-bond acceptors (Lipinski definition) is 3. The van der Waals surface area contributed by atoms with Crippen LogP contribution in [0.1, 0.15) is 45.4 Å². The third-order valence-electron chi connectivity index (χ3n) is 3.48. The van der Waals surface area contributed by atoms with Crippen molar-refractivity contribution in [3.05, 3.63) is 0 Å². The van der Waals surface area contributed by atoms with Gasteiger partial charge in [-0.25, -0.2) is 0 Å². The zero-order chi connectivity index (χ0) is 10.7. The van der Waals surface area contributed by atoms with Gasteiger partial charge in [-0.3, -0.25) is 9.69 Å². The second-order valence-electron chi connectivity index (χ2n) is 4.80. The van der Waals surface area contributed by atoms with Gasteiger partial charge in [0, 0.05) is 6.42 Å². The fraction of sp³-hybridized carbons (Fsp3) is 0.917. The zero-order valence-corrected chi connectivity index (χ0v) is 9.58. The topological polar surface area (TPSA) is 29.5 Å². The van der Waals surface area contributed by atoms with Crippen molar-refractivity contribution in [2.75, 3.05) is 13.1 Å². The van der Waals surface area contributed by atoms with E-state index in [1.54, 1.807) is 0 Å². The maximum absolute atomic E-state index is 11.6. The van der Waals surface area contributed by atoms with E-state index in [0.29, 0.717) is 0 Å². The summed E-state index contributed by atoms with van der Waals surface area (Å²) < 4.78 is 5.22. The van der Waals surface area contributed by atoms with Gasteiger partial charge in [0.1, 0.15) is 12.1 Å². The number of esters is 1. The fourth-order valence-corrected chi connectivity index (χ4v) is 2.62. The van der Waals surface area contributed by atoms with Gasteiger partial charge < -0.3 is 4.74 Å². The molecule has 0 radical (unpaired) electrons. The highest BCUT2D eigenvalue weighted by molar-refractivity contribution is 5.77. The molecule has 2 rings (SSSR count). The first-order chi connectivity index (χ1) is 7.27. The highest BCUT2D eigenvalue weighted by atomic mass is 16.6. The summed E-state index contributed by atoms with van der Waals surface area (Å²) in [7, 11) is 0. The minimum Gasteiger partial charge on any atom is -0.461 e. The molecule has 0 saturated carbocycles. The molecule has 0 aromatic rings. The molecule has 2 saturated heterocycles. The van der Waals surface area contributed by atoms with E-state index in [4.69, 9.17) is 4.74 Å². The molecule has 0 bridgehead atoms. The molecule has 0 aliphatic carbocycles. The Morgan fingerprint density at radius 1 is 1.13 bits per heavy atom. The molecule has 2 fully saturated rings. The Labute approximate surface area is 91.8 Å². The van der Waals surface area contributed by atoms with Gasteiger partial charge in [0.05, 0.1) is 0 Å². The van der Waals surface area contributed by atoms with Gasteiger partial charge >= 0.3 is 5.97 Å². The summed E-state index contributed by atoms with van der Waals surface area (Å²) in [5.41, 5.74) is 0. The first-order valence-corrected chi connectivity index (χ1v) is 6.22. The van der Waals surface area contributed by atoms with Crippen molar-refractivity contribution in [3.8, 4) is 0 Å². The van der Waals surface area contributed by atoms with Crippen LogP contribution in [0.2, 0.25) is 0 Å². The number of carbonyl (C=O) groups excluding carboxylic acids is 1. The molecule has 15 heavy (non-hydrogen) atoms. The zero-order valence-electron chi connectivity index (χ0n) is 9.58. The molecule has 2 atom stereocenters. The minimum atomic E-state index is 0.00285. The highest BCUT2D eigenvalue weighted by Gasteiger charge is 2.35. The van der Waals surface area contributed by atoms with Gasteiger partial charge in [-0.2, -0.15) is 0 Å². The third kappa shape index (κ3) is 2.71. The Bertz CT molecular complexity index is 222. The monoisotopic (exact) mass is 211 g/mol. The molecule has 3 heteroatoms. The van der Waals surface area contributed by atoms with E-state index in [1.165, 1.54) is 32.1 Å². The Balaban J connectivity index is 1.92. The SMILES string of the molecule is C[C@@H]1C[C@H](N2CCCCCCC2)C(=O)O1. The number of hydrogen-bond donors (Lipinski definition) is 0. The second-order valence-corrected chi connectivity index (χ2v) is 4.80. The van der Waals surface area contributed by atoms with Crippen molar-refractivity contribution >= 4 is 5.97 Å². The largest absolute Gasteiger partial charge is 0.461 e. The molecule has 2 heterocycles. The lowest BCUT2D eigenvalue weighted by molar-refractivity contribution is -0.144. The minimum absolute atomic E-state index is 0.00285. The van der Waals surface area contributed by atoms with E-state index in [1.807, 2.05) is 6.92 Å². The van der Waals surface area contributed by atoms with Crippen LogP contribution in [0.4, 0.5) is 0 Å². The number of ether oxygens (including phenoxy) is 1. The van der Waals surface area contributed by atoms with Crippen molar-refractivity contribution in [2.45, 2.75) is 57.6 Å². The summed E-state index contributed by atoms with van der Waals surface area (Å²) >= 11 is 0. The Morgan fingerprint density at radius 2 is 1.73 bits per heavy atom. The van der Waals surface area contributed by atoms with Crippen molar-refractivity contribution in [2.24, 2.45) is 0 Å². The number of cyclic esters (lactones) is 1. The van der Waals surface area contributed by atoms with Crippen LogP contribution in [0.15, 0.2) is 0 Å². The van der Waals surface area contributed by atoms with Crippen molar-refractivity contribution in [1.29, 1.82) is 0 Å². The average molecular weight is 211 g/mol. The molecule has 2 aliphatic heterocycles. The lowest BCUT2D eigenvalue weighted by Crippen LogP contribution is -2.40. The van der Waals surface area contributed by atoms with E-state index >= 15 is 0 Å². The molecule has 2 aliphatic rings. The lowest BCUT2D eigenvalue weighted by atomic mass is 10.1. The van der Waals surface area contributed by atoms with Gasteiger partial charge in [-0.15, -0.1) is 0 Å². The van der Waals surface area contributed by atoms with Crippen molar-refractivity contribution < 1.29 is 9.53 Å². The highest BCUT2D eigenvalue weighted by Crippen LogP contribution is 2.22. The fourth-order valence-electron chi connectivity index (χ4n) is 2.62. The van der Waals surface area contributed by atoms with Crippen LogP contribution >= 0.6 is 0 Å². The Kier molecular flexibility index (Phi) is 3.62. The first kappa shape index (κ1) is 10.9. The van der Waals surface area contributed by atoms with Crippen LogP contribution in [0, 0.1) is 0 Å². The molecule has 0 amide bonds. The number of likely N-dealkylation sites (tertiary alicyclic amines) is 1. The van der Waals surface area contributed by atoms with Crippen LogP contribution in [0.25, 0.3) is 0 Å². The number of rotatable bonds is 1. The average Bonchev–Trinajstić information content (AvgIpc) is 2.45.